The zero-order valence-corrected chi connectivity index (χ0v) is 20.9. The second-order valence-electron chi connectivity index (χ2n) is 8.10. The topological polar surface area (TPSA) is 121 Å². The van der Waals surface area contributed by atoms with E-state index in [2.05, 4.69) is 30.2 Å². The van der Waals surface area contributed by atoms with Crippen LogP contribution in [0.15, 0.2) is 48.9 Å². The number of rotatable bonds is 7. The molecule has 0 aliphatic rings. The van der Waals surface area contributed by atoms with Gasteiger partial charge >= 0.3 is 6.09 Å². The maximum absolute atomic E-state index is 14.8. The molecular formula is C25H21FN6O4S. The smallest absolute Gasteiger partial charge is 0.411 e. The Morgan fingerprint density at radius 1 is 1.16 bits per heavy atom. The first-order chi connectivity index (χ1) is 17.9. The van der Waals surface area contributed by atoms with Crippen LogP contribution in [0.4, 0.5) is 14.9 Å². The van der Waals surface area contributed by atoms with Crippen LogP contribution in [-0.4, -0.2) is 50.8 Å². The van der Waals surface area contributed by atoms with Crippen molar-refractivity contribution in [3.05, 3.63) is 60.3 Å². The minimum Gasteiger partial charge on any atom is -0.480 e. The molecule has 0 aliphatic carbocycles. The number of amides is 1. The van der Waals surface area contributed by atoms with Crippen molar-refractivity contribution in [2.24, 2.45) is 0 Å². The summed E-state index contributed by atoms with van der Waals surface area (Å²) in [4.78, 5) is 34.2. The number of fused-ring (bicyclic) bond motifs is 2. The van der Waals surface area contributed by atoms with Crippen LogP contribution < -0.4 is 14.8 Å². The maximum Gasteiger partial charge on any atom is 0.411 e. The summed E-state index contributed by atoms with van der Waals surface area (Å²) in [6.45, 7) is 3.48. The zero-order chi connectivity index (χ0) is 25.9. The Kier molecular flexibility index (Phi) is 6.73. The van der Waals surface area contributed by atoms with Crippen molar-refractivity contribution in [3.63, 3.8) is 0 Å². The van der Waals surface area contributed by atoms with Crippen LogP contribution in [0.5, 0.6) is 11.8 Å². The van der Waals surface area contributed by atoms with Gasteiger partial charge in [-0.15, -0.1) is 0 Å². The van der Waals surface area contributed by atoms with E-state index in [9.17, 15) is 9.18 Å². The van der Waals surface area contributed by atoms with Gasteiger partial charge in [0.1, 0.15) is 28.1 Å². The van der Waals surface area contributed by atoms with Gasteiger partial charge in [-0.05, 0) is 43.7 Å². The average molecular weight is 521 g/mol. The van der Waals surface area contributed by atoms with Crippen molar-refractivity contribution in [2.45, 2.75) is 20.0 Å². The van der Waals surface area contributed by atoms with Crippen LogP contribution in [0.3, 0.4) is 0 Å². The second kappa shape index (κ2) is 10.3. The number of carbonyl (C=O) groups is 1. The van der Waals surface area contributed by atoms with Gasteiger partial charge in [0.25, 0.3) is 5.88 Å². The number of halogens is 1. The van der Waals surface area contributed by atoms with Crippen molar-refractivity contribution in [1.29, 1.82) is 0 Å². The number of aryl methyl sites for hydroxylation is 1. The Morgan fingerprint density at radius 3 is 2.81 bits per heavy atom. The number of thiazole rings is 1. The molecule has 0 spiro atoms. The standard InChI is InChI=1S/C25H21FN6O4S/c1-13-7-16(21-18(8-13)30-20(34-3)11-28-21)23-31-19-9-17(26)22(32-24(19)37-23)36-14(2)12-35-25(33)29-15-5-4-6-27-10-15/h4-11,14H,12H2,1-3H3,(H,29,33)/t14-/m0/s1. The fraction of sp³-hybridized carbons (Fsp3) is 0.200. The Morgan fingerprint density at radius 2 is 2.03 bits per heavy atom. The molecule has 0 aliphatic heterocycles. The average Bonchev–Trinajstić information content (AvgIpc) is 3.29. The maximum atomic E-state index is 14.8. The number of carbonyl (C=O) groups excluding carboxylic acids is 1. The van der Waals surface area contributed by atoms with Gasteiger partial charge in [-0.2, -0.15) is 4.98 Å². The molecule has 0 saturated carbocycles. The van der Waals surface area contributed by atoms with Crippen molar-refractivity contribution >= 4 is 44.5 Å². The summed E-state index contributed by atoms with van der Waals surface area (Å²) in [7, 11) is 1.53. The zero-order valence-electron chi connectivity index (χ0n) is 20.1. The molecule has 37 heavy (non-hydrogen) atoms. The SMILES string of the molecule is COc1cnc2c(-c3nc4cc(F)c(O[C@@H](C)COC(=O)Nc5cccnc5)nc4s3)cc(C)cc2n1. The van der Waals surface area contributed by atoms with Gasteiger partial charge in [0, 0.05) is 17.8 Å². The molecule has 0 bridgehead atoms. The minimum atomic E-state index is -0.675. The van der Waals surface area contributed by atoms with Crippen LogP contribution in [-0.2, 0) is 4.74 Å². The van der Waals surface area contributed by atoms with E-state index in [1.807, 2.05) is 19.1 Å². The van der Waals surface area contributed by atoms with E-state index in [0.29, 0.717) is 38.0 Å². The fourth-order valence-corrected chi connectivity index (χ4v) is 4.47. The van der Waals surface area contributed by atoms with Gasteiger partial charge in [-0.3, -0.25) is 10.3 Å². The number of methoxy groups -OCH3 is 1. The Balaban J connectivity index is 1.34. The van der Waals surface area contributed by atoms with Crippen molar-refractivity contribution in [1.82, 2.24) is 24.9 Å². The van der Waals surface area contributed by atoms with Crippen molar-refractivity contribution < 1.29 is 23.4 Å². The number of pyridine rings is 2. The lowest BCUT2D eigenvalue weighted by atomic mass is 10.1. The molecule has 188 valence electrons. The number of hydrogen-bond donors (Lipinski definition) is 1. The summed E-state index contributed by atoms with van der Waals surface area (Å²) in [5.74, 6) is -0.466. The predicted molar refractivity (Wildman–Crippen MR) is 136 cm³/mol. The van der Waals surface area contributed by atoms with Crippen molar-refractivity contribution in [3.8, 4) is 22.3 Å². The summed E-state index contributed by atoms with van der Waals surface area (Å²) in [6.07, 6.45) is 3.29. The number of aromatic nitrogens is 5. The Labute approximate surface area is 214 Å². The molecule has 1 atom stereocenters. The summed E-state index contributed by atoms with van der Waals surface area (Å²) >= 11 is 1.28. The molecular weight excluding hydrogens is 499 g/mol. The summed E-state index contributed by atoms with van der Waals surface area (Å²) in [6, 6.07) is 8.49. The van der Waals surface area contributed by atoms with E-state index in [0.717, 1.165) is 11.1 Å². The quantitative estimate of drug-likeness (QED) is 0.310. The van der Waals surface area contributed by atoms with E-state index in [1.54, 1.807) is 31.5 Å². The van der Waals surface area contributed by atoms with Gasteiger partial charge in [0.05, 0.1) is 36.2 Å². The number of ether oxygens (including phenoxy) is 3. The molecule has 12 heteroatoms. The molecule has 5 rings (SSSR count). The molecule has 1 aromatic carbocycles. The molecule has 0 unspecified atom stereocenters. The second-order valence-corrected chi connectivity index (χ2v) is 9.08. The highest BCUT2D eigenvalue weighted by atomic mass is 32.1. The van der Waals surface area contributed by atoms with E-state index < -0.39 is 18.0 Å². The molecule has 4 heterocycles. The summed E-state index contributed by atoms with van der Waals surface area (Å²) in [5.41, 5.74) is 3.93. The van der Waals surface area contributed by atoms with Gasteiger partial charge in [-0.1, -0.05) is 11.3 Å². The highest BCUT2D eigenvalue weighted by molar-refractivity contribution is 7.21. The molecule has 1 amide bonds. The first-order valence-electron chi connectivity index (χ1n) is 11.2. The molecule has 10 nitrogen and oxygen atoms in total. The third-order valence-corrected chi connectivity index (χ3v) is 6.18. The Hall–Kier alpha value is -4.45. The third kappa shape index (κ3) is 5.38. The normalized spacial score (nSPS) is 11.9. The van der Waals surface area contributed by atoms with E-state index in [4.69, 9.17) is 14.2 Å². The lowest BCUT2D eigenvalue weighted by molar-refractivity contribution is 0.0941. The number of anilines is 1. The molecule has 5 aromatic rings. The molecule has 4 aromatic heterocycles. The highest BCUT2D eigenvalue weighted by Crippen LogP contribution is 2.35. The van der Waals surface area contributed by atoms with Gasteiger partial charge in [-0.25, -0.2) is 24.1 Å². The van der Waals surface area contributed by atoms with Gasteiger partial charge in [0.2, 0.25) is 5.88 Å². The lowest BCUT2D eigenvalue weighted by Crippen LogP contribution is -2.24. The van der Waals surface area contributed by atoms with Crippen LogP contribution in [0, 0.1) is 12.7 Å². The monoisotopic (exact) mass is 520 g/mol. The number of benzene rings is 1. The third-order valence-electron chi connectivity index (χ3n) is 5.18. The number of nitrogens with one attached hydrogen (secondary N) is 1. The fourth-order valence-electron chi connectivity index (χ4n) is 3.54. The van der Waals surface area contributed by atoms with Crippen LogP contribution in [0.1, 0.15) is 12.5 Å². The highest BCUT2D eigenvalue weighted by Gasteiger charge is 2.18. The first-order valence-corrected chi connectivity index (χ1v) is 12.0. The lowest BCUT2D eigenvalue weighted by Gasteiger charge is -2.14. The first kappa shape index (κ1) is 24.3. The van der Waals surface area contributed by atoms with Crippen LogP contribution in [0.25, 0.3) is 32.0 Å². The molecule has 0 radical (unpaired) electrons. The number of nitrogens with zero attached hydrogens (tertiary/aromatic N) is 5. The van der Waals surface area contributed by atoms with Crippen molar-refractivity contribution in [2.75, 3.05) is 19.0 Å². The molecule has 0 saturated heterocycles. The molecule has 0 fully saturated rings. The van der Waals surface area contributed by atoms with E-state index >= 15 is 0 Å². The van der Waals surface area contributed by atoms with E-state index in [-0.39, 0.29) is 12.5 Å². The van der Waals surface area contributed by atoms with Crippen LogP contribution >= 0.6 is 11.3 Å². The Bertz CT molecular complexity index is 1600. The van der Waals surface area contributed by atoms with Gasteiger partial charge < -0.3 is 14.2 Å². The largest absolute Gasteiger partial charge is 0.480 e. The molecule has 1 N–H and O–H groups in total. The van der Waals surface area contributed by atoms with Gasteiger partial charge in [0.15, 0.2) is 5.82 Å². The predicted octanol–water partition coefficient (Wildman–Crippen LogP) is 5.17. The van der Waals surface area contributed by atoms with E-state index in [1.165, 1.54) is 30.7 Å². The minimum absolute atomic E-state index is 0.114. The summed E-state index contributed by atoms with van der Waals surface area (Å²) < 4.78 is 30.8. The summed E-state index contributed by atoms with van der Waals surface area (Å²) in [5, 5.41) is 3.17. The van der Waals surface area contributed by atoms with Crippen LogP contribution in [0.2, 0.25) is 0 Å². The number of hydrogen-bond acceptors (Lipinski definition) is 10.